The summed E-state index contributed by atoms with van der Waals surface area (Å²) in [4.78, 5) is 45.2. The molecule has 0 saturated carbocycles. The fourth-order valence-corrected chi connectivity index (χ4v) is 2.43. The van der Waals surface area contributed by atoms with Gasteiger partial charge < -0.3 is 10.2 Å². The number of hydrogen-bond donors (Lipinski definition) is 3. The van der Waals surface area contributed by atoms with E-state index in [0.29, 0.717) is 0 Å². The minimum absolute atomic E-state index is 0. The van der Waals surface area contributed by atoms with Crippen LogP contribution < -0.4 is 5.32 Å². The molecule has 0 atom stereocenters. The molecular weight excluding hydrogens is 320 g/mol. The molecule has 1 rings (SSSR count). The van der Waals surface area contributed by atoms with E-state index in [1.807, 2.05) is 0 Å². The zero-order valence-corrected chi connectivity index (χ0v) is 14.3. The smallest absolute Gasteiger partial charge is 0.304 e. The minimum Gasteiger partial charge on any atom is -0.481 e. The normalized spacial score (nSPS) is 14.9. The van der Waals surface area contributed by atoms with Crippen LogP contribution >= 0.6 is 0 Å². The van der Waals surface area contributed by atoms with Crippen molar-refractivity contribution in [3.8, 4) is 0 Å². The molecule has 20 heavy (non-hydrogen) atoms. The second-order valence-corrected chi connectivity index (χ2v) is 4.56. The van der Waals surface area contributed by atoms with Gasteiger partial charge in [-0.15, -0.1) is 0 Å². The molecule has 8 heteroatoms. The van der Waals surface area contributed by atoms with Crippen LogP contribution in [-0.4, -0.2) is 34.0 Å². The molecule has 0 aromatic carbocycles. The Labute approximate surface area is 128 Å². The Morgan fingerprint density at radius 3 is 1.80 bits per heavy atom. The third kappa shape index (κ3) is 3.51. The standard InChI is InChI=1S/C12H15NO6.Zn/c1-3-12(4-7(14)15,5-8(16)17)9-6(2)10(18)13-11(9)19;/h3-5H2,1-2H3,(H,14,15)(H,16,17)(H,13,18,19);. The van der Waals surface area contributed by atoms with E-state index in [9.17, 15) is 19.2 Å². The quantitative estimate of drug-likeness (QED) is 0.474. The summed E-state index contributed by atoms with van der Waals surface area (Å²) in [6, 6.07) is 0. The Hall–Kier alpha value is -1.56. The minimum atomic E-state index is -1.36. The summed E-state index contributed by atoms with van der Waals surface area (Å²) < 4.78 is 0. The zero-order chi connectivity index (χ0) is 14.8. The van der Waals surface area contributed by atoms with Crippen LogP contribution in [0.3, 0.4) is 0 Å². The van der Waals surface area contributed by atoms with Crippen molar-refractivity contribution in [3.05, 3.63) is 11.1 Å². The predicted octanol–water partition coefficient (Wildman–Crippen LogP) is 0.303. The number of imide groups is 1. The number of aliphatic carboxylic acids is 2. The first-order valence-electron chi connectivity index (χ1n) is 5.74. The molecule has 1 aliphatic rings. The van der Waals surface area contributed by atoms with Gasteiger partial charge in [0.2, 0.25) is 0 Å². The van der Waals surface area contributed by atoms with Crippen molar-refractivity contribution in [2.24, 2.45) is 5.41 Å². The largest absolute Gasteiger partial charge is 0.481 e. The average Bonchev–Trinajstić information content (AvgIpc) is 2.51. The van der Waals surface area contributed by atoms with Crippen LogP contribution in [0.5, 0.6) is 0 Å². The fourth-order valence-electron chi connectivity index (χ4n) is 2.43. The molecule has 0 spiro atoms. The molecular formula is C12H15NO6Zn. The summed E-state index contributed by atoms with van der Waals surface area (Å²) in [7, 11) is 0. The van der Waals surface area contributed by atoms with Crippen molar-refractivity contribution in [2.75, 3.05) is 0 Å². The van der Waals surface area contributed by atoms with Crippen molar-refractivity contribution < 1.29 is 48.9 Å². The van der Waals surface area contributed by atoms with Gasteiger partial charge in [0.1, 0.15) is 0 Å². The van der Waals surface area contributed by atoms with Crippen LogP contribution in [0, 0.1) is 5.41 Å². The molecule has 0 aliphatic carbocycles. The average molecular weight is 335 g/mol. The van der Waals surface area contributed by atoms with Gasteiger partial charge in [-0.3, -0.25) is 24.5 Å². The van der Waals surface area contributed by atoms with Crippen LogP contribution in [-0.2, 0) is 38.7 Å². The summed E-state index contributed by atoms with van der Waals surface area (Å²) in [5.74, 6) is -3.73. The second kappa shape index (κ2) is 6.74. The van der Waals surface area contributed by atoms with Crippen molar-refractivity contribution in [1.82, 2.24) is 5.32 Å². The van der Waals surface area contributed by atoms with Crippen LogP contribution in [0.1, 0.15) is 33.1 Å². The van der Waals surface area contributed by atoms with E-state index in [-0.39, 0.29) is 37.0 Å². The Morgan fingerprint density at radius 1 is 1.10 bits per heavy atom. The van der Waals surface area contributed by atoms with E-state index >= 15 is 0 Å². The zero-order valence-electron chi connectivity index (χ0n) is 11.4. The number of carbonyl (C=O) groups excluding carboxylic acids is 2. The fraction of sp³-hybridized carbons (Fsp3) is 0.500. The van der Waals surface area contributed by atoms with Gasteiger partial charge in [0, 0.05) is 36.0 Å². The number of nitrogens with one attached hydrogen (secondary N) is 1. The molecule has 1 heterocycles. The molecule has 0 aromatic rings. The third-order valence-corrected chi connectivity index (χ3v) is 3.36. The van der Waals surface area contributed by atoms with Crippen molar-refractivity contribution in [3.63, 3.8) is 0 Å². The van der Waals surface area contributed by atoms with Gasteiger partial charge in [-0.25, -0.2) is 0 Å². The molecule has 106 valence electrons. The number of carboxylic acids is 2. The van der Waals surface area contributed by atoms with Gasteiger partial charge >= 0.3 is 11.9 Å². The van der Waals surface area contributed by atoms with Gasteiger partial charge in [-0.2, -0.15) is 0 Å². The molecule has 2 amide bonds. The van der Waals surface area contributed by atoms with Gasteiger partial charge in [0.25, 0.3) is 11.8 Å². The monoisotopic (exact) mass is 333 g/mol. The molecule has 0 unspecified atom stereocenters. The molecule has 0 aromatic heterocycles. The van der Waals surface area contributed by atoms with E-state index in [0.717, 1.165) is 0 Å². The van der Waals surface area contributed by atoms with Crippen LogP contribution in [0.4, 0.5) is 0 Å². The molecule has 0 radical (unpaired) electrons. The maximum absolute atomic E-state index is 11.8. The topological polar surface area (TPSA) is 121 Å². The summed E-state index contributed by atoms with van der Waals surface area (Å²) in [6.07, 6.45) is -0.884. The van der Waals surface area contributed by atoms with Gasteiger partial charge in [0.05, 0.1) is 12.8 Å². The van der Waals surface area contributed by atoms with Crippen LogP contribution in [0.15, 0.2) is 11.1 Å². The van der Waals surface area contributed by atoms with E-state index in [2.05, 4.69) is 5.32 Å². The van der Waals surface area contributed by atoms with Gasteiger partial charge in [-0.05, 0) is 13.3 Å². The number of rotatable bonds is 6. The summed E-state index contributed by atoms with van der Waals surface area (Å²) in [5.41, 5.74) is -1.29. The maximum atomic E-state index is 11.8. The molecule has 0 saturated heterocycles. The van der Waals surface area contributed by atoms with Crippen LogP contribution in [0.25, 0.3) is 0 Å². The molecule has 0 fully saturated rings. The maximum Gasteiger partial charge on any atom is 0.304 e. The summed E-state index contributed by atoms with van der Waals surface area (Å²) >= 11 is 0. The molecule has 3 N–H and O–H groups in total. The summed E-state index contributed by atoms with van der Waals surface area (Å²) in [5, 5.41) is 20.0. The Balaban J connectivity index is 0.00000361. The van der Waals surface area contributed by atoms with E-state index in [1.54, 1.807) is 6.92 Å². The number of hydrogen-bond acceptors (Lipinski definition) is 4. The Morgan fingerprint density at radius 2 is 1.55 bits per heavy atom. The first-order valence-corrected chi connectivity index (χ1v) is 5.74. The van der Waals surface area contributed by atoms with Crippen molar-refractivity contribution in [1.29, 1.82) is 0 Å². The predicted molar refractivity (Wildman–Crippen MR) is 63.1 cm³/mol. The SMILES string of the molecule is CCC(CC(=O)O)(CC(=O)O)C1=C(C)C(=O)NC1=O.[Zn]. The number of carboxylic acid groups (broad SMARTS) is 2. The Bertz CT molecular complexity index is 480. The molecule has 0 bridgehead atoms. The van der Waals surface area contributed by atoms with Crippen molar-refractivity contribution >= 4 is 23.8 Å². The number of amides is 2. The van der Waals surface area contributed by atoms with Crippen LogP contribution in [0.2, 0.25) is 0 Å². The second-order valence-electron chi connectivity index (χ2n) is 4.56. The van der Waals surface area contributed by atoms with Gasteiger partial charge in [-0.1, -0.05) is 6.92 Å². The van der Waals surface area contributed by atoms with E-state index < -0.39 is 42.0 Å². The first kappa shape index (κ1) is 18.4. The third-order valence-electron chi connectivity index (χ3n) is 3.36. The van der Waals surface area contributed by atoms with Crippen molar-refractivity contribution in [2.45, 2.75) is 33.1 Å². The number of carbonyl (C=O) groups is 4. The summed E-state index contributed by atoms with van der Waals surface area (Å²) in [6.45, 7) is 2.99. The first-order chi connectivity index (χ1) is 8.73. The van der Waals surface area contributed by atoms with Gasteiger partial charge in [0.15, 0.2) is 0 Å². The van der Waals surface area contributed by atoms with E-state index in [4.69, 9.17) is 10.2 Å². The van der Waals surface area contributed by atoms with E-state index in [1.165, 1.54) is 6.92 Å². The Kier molecular flexibility index (Phi) is 6.22. The molecule has 1 aliphatic heterocycles. The molecule has 7 nitrogen and oxygen atoms in total.